The van der Waals surface area contributed by atoms with Crippen molar-refractivity contribution in [1.29, 1.82) is 0 Å². The molecular weight excluding hydrogens is 286 g/mol. The predicted octanol–water partition coefficient (Wildman–Crippen LogP) is 3.51. The number of para-hydroxylation sites is 1. The third-order valence-electron chi connectivity index (χ3n) is 4.17. The molecule has 1 aliphatic heterocycles. The van der Waals surface area contributed by atoms with E-state index in [0.29, 0.717) is 6.61 Å². The van der Waals surface area contributed by atoms with Gasteiger partial charge >= 0.3 is 0 Å². The zero-order chi connectivity index (χ0) is 15.9. The van der Waals surface area contributed by atoms with Crippen LogP contribution in [0.25, 0.3) is 0 Å². The van der Waals surface area contributed by atoms with Gasteiger partial charge in [-0.05, 0) is 29.7 Å². The first kappa shape index (κ1) is 16.0. The first-order valence-corrected chi connectivity index (χ1v) is 8.44. The summed E-state index contributed by atoms with van der Waals surface area (Å²) in [5.41, 5.74) is 3.96. The van der Waals surface area contributed by atoms with E-state index in [9.17, 15) is 0 Å². The molecule has 0 radical (unpaired) electrons. The van der Waals surface area contributed by atoms with Crippen molar-refractivity contribution in [3.63, 3.8) is 0 Å². The molecule has 0 atom stereocenters. The fourth-order valence-electron chi connectivity index (χ4n) is 3.02. The van der Waals surface area contributed by atoms with Gasteiger partial charge < -0.3 is 9.47 Å². The SMILES string of the molecule is CCOc1ccccc1Cc1cccc(CN2CCOCC2)c1. The standard InChI is InChI=1S/C20H25NO2/c1-2-23-20-9-4-3-8-19(20)15-17-6-5-7-18(14-17)16-21-10-12-22-13-11-21/h3-9,14H,2,10-13,15-16H2,1H3. The van der Waals surface area contributed by atoms with Gasteiger partial charge in [-0.1, -0.05) is 42.5 Å². The number of ether oxygens (including phenoxy) is 2. The Morgan fingerprint density at radius 2 is 1.78 bits per heavy atom. The highest BCUT2D eigenvalue weighted by Gasteiger charge is 2.11. The number of benzene rings is 2. The molecule has 0 amide bonds. The van der Waals surface area contributed by atoms with Gasteiger partial charge in [-0.3, -0.25) is 4.90 Å². The maximum atomic E-state index is 5.74. The Hall–Kier alpha value is -1.84. The molecule has 23 heavy (non-hydrogen) atoms. The van der Waals surface area contributed by atoms with Crippen LogP contribution >= 0.6 is 0 Å². The second-order valence-corrected chi connectivity index (χ2v) is 5.93. The summed E-state index contributed by atoms with van der Waals surface area (Å²) in [6, 6.07) is 17.2. The van der Waals surface area contributed by atoms with E-state index in [2.05, 4.69) is 47.4 Å². The maximum Gasteiger partial charge on any atom is 0.122 e. The van der Waals surface area contributed by atoms with Crippen LogP contribution < -0.4 is 4.74 Å². The highest BCUT2D eigenvalue weighted by atomic mass is 16.5. The molecular formula is C20H25NO2. The van der Waals surface area contributed by atoms with Gasteiger partial charge in [-0.25, -0.2) is 0 Å². The highest BCUT2D eigenvalue weighted by molar-refractivity contribution is 5.38. The third kappa shape index (κ3) is 4.57. The van der Waals surface area contributed by atoms with Gasteiger partial charge in [0.25, 0.3) is 0 Å². The number of rotatable bonds is 6. The minimum Gasteiger partial charge on any atom is -0.494 e. The van der Waals surface area contributed by atoms with Gasteiger partial charge in [0.05, 0.1) is 19.8 Å². The van der Waals surface area contributed by atoms with E-state index in [1.807, 2.05) is 13.0 Å². The Balaban J connectivity index is 1.70. The van der Waals surface area contributed by atoms with Crippen molar-refractivity contribution in [2.75, 3.05) is 32.9 Å². The molecule has 1 aliphatic rings. The molecule has 3 nitrogen and oxygen atoms in total. The minimum absolute atomic E-state index is 0.702. The van der Waals surface area contributed by atoms with Crippen molar-refractivity contribution >= 4 is 0 Å². The average Bonchev–Trinajstić information content (AvgIpc) is 2.58. The van der Waals surface area contributed by atoms with Crippen LogP contribution in [0.15, 0.2) is 48.5 Å². The lowest BCUT2D eigenvalue weighted by Crippen LogP contribution is -2.35. The van der Waals surface area contributed by atoms with Crippen LogP contribution in [0.5, 0.6) is 5.75 Å². The zero-order valence-corrected chi connectivity index (χ0v) is 13.8. The highest BCUT2D eigenvalue weighted by Crippen LogP contribution is 2.22. The van der Waals surface area contributed by atoms with Crippen molar-refractivity contribution in [2.45, 2.75) is 19.9 Å². The molecule has 0 saturated carbocycles. The van der Waals surface area contributed by atoms with Crippen LogP contribution in [0, 0.1) is 0 Å². The van der Waals surface area contributed by atoms with Crippen molar-refractivity contribution in [2.24, 2.45) is 0 Å². The third-order valence-corrected chi connectivity index (χ3v) is 4.17. The fourth-order valence-corrected chi connectivity index (χ4v) is 3.02. The van der Waals surface area contributed by atoms with Gasteiger partial charge in [-0.2, -0.15) is 0 Å². The lowest BCUT2D eigenvalue weighted by molar-refractivity contribution is 0.0342. The number of hydrogen-bond donors (Lipinski definition) is 0. The molecule has 2 aromatic rings. The van der Waals surface area contributed by atoms with Crippen molar-refractivity contribution in [3.05, 3.63) is 65.2 Å². The first-order valence-electron chi connectivity index (χ1n) is 8.44. The number of hydrogen-bond acceptors (Lipinski definition) is 3. The molecule has 0 spiro atoms. The summed E-state index contributed by atoms with van der Waals surface area (Å²) in [7, 11) is 0. The molecule has 1 heterocycles. The Morgan fingerprint density at radius 1 is 1.00 bits per heavy atom. The van der Waals surface area contributed by atoms with E-state index in [1.165, 1.54) is 16.7 Å². The van der Waals surface area contributed by atoms with Gasteiger partial charge in [-0.15, -0.1) is 0 Å². The van der Waals surface area contributed by atoms with E-state index in [-0.39, 0.29) is 0 Å². The topological polar surface area (TPSA) is 21.7 Å². The fraction of sp³-hybridized carbons (Fsp3) is 0.400. The van der Waals surface area contributed by atoms with Crippen LogP contribution in [0.4, 0.5) is 0 Å². The van der Waals surface area contributed by atoms with Crippen LogP contribution in [0.2, 0.25) is 0 Å². The quantitative estimate of drug-likeness (QED) is 0.815. The largest absolute Gasteiger partial charge is 0.494 e. The van der Waals surface area contributed by atoms with Crippen LogP contribution in [0.1, 0.15) is 23.6 Å². The van der Waals surface area contributed by atoms with E-state index in [4.69, 9.17) is 9.47 Å². The minimum atomic E-state index is 0.702. The Bertz CT molecular complexity index is 621. The Labute approximate surface area is 138 Å². The molecule has 1 saturated heterocycles. The molecule has 0 unspecified atom stereocenters. The molecule has 3 heteroatoms. The van der Waals surface area contributed by atoms with Crippen molar-refractivity contribution in [1.82, 2.24) is 4.90 Å². The van der Waals surface area contributed by atoms with E-state index in [1.54, 1.807) is 0 Å². The second-order valence-electron chi connectivity index (χ2n) is 5.93. The molecule has 0 bridgehead atoms. The van der Waals surface area contributed by atoms with Crippen LogP contribution in [-0.4, -0.2) is 37.8 Å². The summed E-state index contributed by atoms with van der Waals surface area (Å²) in [4.78, 5) is 2.46. The summed E-state index contributed by atoms with van der Waals surface area (Å²) in [6.45, 7) is 7.48. The monoisotopic (exact) mass is 311 g/mol. The van der Waals surface area contributed by atoms with Gasteiger partial charge in [0.1, 0.15) is 5.75 Å². The van der Waals surface area contributed by atoms with Gasteiger partial charge in [0, 0.05) is 26.1 Å². The summed E-state index contributed by atoms with van der Waals surface area (Å²) >= 11 is 0. The molecule has 122 valence electrons. The molecule has 1 fully saturated rings. The second kappa shape index (κ2) is 8.14. The van der Waals surface area contributed by atoms with Crippen molar-refractivity contribution in [3.8, 4) is 5.75 Å². The lowest BCUT2D eigenvalue weighted by atomic mass is 10.0. The van der Waals surface area contributed by atoms with Gasteiger partial charge in [0.15, 0.2) is 0 Å². The number of nitrogens with zero attached hydrogens (tertiary/aromatic N) is 1. The Morgan fingerprint density at radius 3 is 2.61 bits per heavy atom. The first-order chi connectivity index (χ1) is 11.3. The molecule has 0 aromatic heterocycles. The number of morpholine rings is 1. The summed E-state index contributed by atoms with van der Waals surface area (Å²) in [5, 5.41) is 0. The lowest BCUT2D eigenvalue weighted by Gasteiger charge is -2.26. The predicted molar refractivity (Wildman–Crippen MR) is 93.0 cm³/mol. The summed E-state index contributed by atoms with van der Waals surface area (Å²) in [5.74, 6) is 0.994. The Kier molecular flexibility index (Phi) is 5.67. The molecule has 0 N–H and O–H groups in total. The van der Waals surface area contributed by atoms with Crippen molar-refractivity contribution < 1.29 is 9.47 Å². The average molecular weight is 311 g/mol. The normalized spacial score (nSPS) is 15.5. The van der Waals surface area contributed by atoms with E-state index in [0.717, 1.165) is 45.0 Å². The molecule has 2 aromatic carbocycles. The van der Waals surface area contributed by atoms with Crippen LogP contribution in [0.3, 0.4) is 0 Å². The van der Waals surface area contributed by atoms with Crippen LogP contribution in [-0.2, 0) is 17.7 Å². The smallest absolute Gasteiger partial charge is 0.122 e. The maximum absolute atomic E-state index is 5.74. The summed E-state index contributed by atoms with van der Waals surface area (Å²) in [6.07, 6.45) is 0.910. The molecule has 3 rings (SSSR count). The van der Waals surface area contributed by atoms with E-state index < -0.39 is 0 Å². The summed E-state index contributed by atoms with van der Waals surface area (Å²) < 4.78 is 11.2. The van der Waals surface area contributed by atoms with E-state index >= 15 is 0 Å². The zero-order valence-electron chi connectivity index (χ0n) is 13.8. The molecule has 0 aliphatic carbocycles. The van der Waals surface area contributed by atoms with Gasteiger partial charge in [0.2, 0.25) is 0 Å².